The minimum atomic E-state index is -0.892. The van der Waals surface area contributed by atoms with Crippen LogP contribution in [0, 0.1) is 11.3 Å². The molecule has 0 unspecified atom stereocenters. The summed E-state index contributed by atoms with van der Waals surface area (Å²) >= 11 is 0. The molecular weight excluding hydrogens is 460 g/mol. The Morgan fingerprint density at radius 3 is 2.81 bits per heavy atom. The number of aliphatic hydroxyl groups excluding tert-OH is 1. The Balaban J connectivity index is 1.58. The Kier molecular flexibility index (Phi) is 5.94. The molecule has 0 bridgehead atoms. The fourth-order valence-electron chi connectivity index (χ4n) is 4.83. The van der Waals surface area contributed by atoms with Crippen molar-refractivity contribution >= 4 is 34.0 Å². The zero-order valence-electron chi connectivity index (χ0n) is 20.6. The summed E-state index contributed by atoms with van der Waals surface area (Å²) in [5.74, 6) is 1.28. The van der Waals surface area contributed by atoms with Gasteiger partial charge in [0.25, 0.3) is 0 Å². The van der Waals surface area contributed by atoms with E-state index in [0.717, 1.165) is 36.1 Å². The van der Waals surface area contributed by atoms with Crippen LogP contribution in [0.5, 0.6) is 0 Å². The van der Waals surface area contributed by atoms with E-state index in [4.69, 9.17) is 4.98 Å². The van der Waals surface area contributed by atoms with Crippen molar-refractivity contribution in [2.45, 2.75) is 51.3 Å². The molecule has 0 spiro atoms. The van der Waals surface area contributed by atoms with Gasteiger partial charge in [0.05, 0.1) is 35.5 Å². The van der Waals surface area contributed by atoms with E-state index < -0.39 is 5.60 Å². The summed E-state index contributed by atoms with van der Waals surface area (Å²) in [6.07, 6.45) is 3.75. The van der Waals surface area contributed by atoms with E-state index in [-0.39, 0.29) is 18.3 Å². The van der Waals surface area contributed by atoms with E-state index in [1.165, 1.54) is 6.20 Å². The van der Waals surface area contributed by atoms with Crippen LogP contribution in [-0.4, -0.2) is 58.7 Å². The van der Waals surface area contributed by atoms with Gasteiger partial charge in [-0.3, -0.25) is 9.13 Å². The van der Waals surface area contributed by atoms with Crippen molar-refractivity contribution in [3.05, 3.63) is 46.5 Å². The van der Waals surface area contributed by atoms with Crippen LogP contribution < -0.4 is 15.9 Å². The second-order valence-corrected chi connectivity index (χ2v) is 9.96. The number of rotatable bonds is 7. The first-order valence-corrected chi connectivity index (χ1v) is 12.1. The lowest BCUT2D eigenvalue weighted by molar-refractivity contribution is 0.0662. The topological polar surface area (TPSA) is 137 Å². The number of nitrogens with zero attached hydrogens (tertiary/aromatic N) is 7. The first-order valence-electron chi connectivity index (χ1n) is 12.1. The van der Waals surface area contributed by atoms with Crippen LogP contribution in [0.4, 0.5) is 17.3 Å². The summed E-state index contributed by atoms with van der Waals surface area (Å²) < 4.78 is 4.85. The molecule has 1 fully saturated rings. The Hall–Kier alpha value is -3.88. The predicted octanol–water partition coefficient (Wildman–Crippen LogP) is 2.12. The lowest BCUT2D eigenvalue weighted by atomic mass is 10.1. The lowest BCUT2D eigenvalue weighted by Gasteiger charge is -2.25. The van der Waals surface area contributed by atoms with Crippen LogP contribution in [-0.2, 0) is 13.6 Å². The zero-order chi connectivity index (χ0) is 25.6. The van der Waals surface area contributed by atoms with Crippen molar-refractivity contribution in [2.24, 2.45) is 7.05 Å². The Bertz CT molecular complexity index is 1540. The van der Waals surface area contributed by atoms with E-state index in [2.05, 4.69) is 21.4 Å². The van der Waals surface area contributed by atoms with Crippen LogP contribution in [0.2, 0.25) is 0 Å². The second kappa shape index (κ2) is 8.96. The van der Waals surface area contributed by atoms with Crippen LogP contribution >= 0.6 is 0 Å². The van der Waals surface area contributed by atoms with Gasteiger partial charge in [0.2, 0.25) is 0 Å². The van der Waals surface area contributed by atoms with Gasteiger partial charge in [-0.15, -0.1) is 0 Å². The fraction of sp³-hybridized carbons (Fsp3) is 0.440. The van der Waals surface area contributed by atoms with E-state index >= 15 is 0 Å². The smallest absolute Gasteiger partial charge is 0.328 e. The summed E-state index contributed by atoms with van der Waals surface area (Å²) in [6, 6.07) is 9.65. The van der Waals surface area contributed by atoms with E-state index in [0.29, 0.717) is 35.8 Å². The number of imidazole rings is 1. The van der Waals surface area contributed by atoms with Crippen LogP contribution in [0.1, 0.15) is 38.7 Å². The predicted molar refractivity (Wildman–Crippen MR) is 137 cm³/mol. The molecule has 4 aromatic rings. The van der Waals surface area contributed by atoms with Gasteiger partial charge in [-0.2, -0.15) is 14.9 Å². The van der Waals surface area contributed by atoms with Crippen LogP contribution in [0.25, 0.3) is 16.7 Å². The van der Waals surface area contributed by atoms with Gasteiger partial charge >= 0.3 is 5.69 Å². The number of fused-ring (bicyclic) bond motifs is 2. The minimum absolute atomic E-state index is 0.0212. The van der Waals surface area contributed by atoms with Gasteiger partial charge < -0.3 is 20.4 Å². The number of nitriles is 1. The van der Waals surface area contributed by atoms with Crippen LogP contribution in [0.15, 0.2) is 35.3 Å². The third-order valence-electron chi connectivity index (χ3n) is 6.83. The maximum atomic E-state index is 12.9. The van der Waals surface area contributed by atoms with E-state index in [1.54, 1.807) is 34.5 Å². The molecule has 1 aliphatic rings. The molecule has 3 aromatic heterocycles. The van der Waals surface area contributed by atoms with Crippen molar-refractivity contribution in [3.63, 3.8) is 0 Å². The summed E-state index contributed by atoms with van der Waals surface area (Å²) in [6.45, 7) is 4.64. The van der Waals surface area contributed by atoms with Crippen LogP contribution in [0.3, 0.4) is 0 Å². The largest absolute Gasteiger partial charge is 0.394 e. The second-order valence-electron chi connectivity index (χ2n) is 9.96. The molecule has 36 heavy (non-hydrogen) atoms. The molecule has 4 heterocycles. The summed E-state index contributed by atoms with van der Waals surface area (Å²) in [5.41, 5.74) is 2.03. The number of aromatic nitrogens is 5. The quantitative estimate of drug-likeness (QED) is 0.358. The summed E-state index contributed by atoms with van der Waals surface area (Å²) in [4.78, 5) is 19.6. The van der Waals surface area contributed by atoms with Crippen molar-refractivity contribution in [1.29, 1.82) is 5.26 Å². The number of benzene rings is 1. The number of hydrogen-bond acceptors (Lipinski definition) is 8. The average molecular weight is 491 g/mol. The minimum Gasteiger partial charge on any atom is -0.394 e. The molecular formula is C25H30N8O3. The maximum Gasteiger partial charge on any atom is 0.328 e. The molecule has 0 aliphatic carbocycles. The standard InChI is InChI=1S/C25H30N8O3/c1-25(2,36)8-10-32-20-11-17(6-7-19(20)30(3)24(32)35)28-22-12-21(31-9-4-5-18(31)15-34)29-23-16(13-26)14-27-33(22)23/h6-7,11-12,14,18,28,34,36H,4-5,8-10,15H2,1-3H3/t18-/m0/s1. The van der Waals surface area contributed by atoms with Gasteiger partial charge in [-0.25, -0.2) is 9.78 Å². The maximum absolute atomic E-state index is 12.9. The van der Waals surface area contributed by atoms with Crippen molar-refractivity contribution in [3.8, 4) is 6.07 Å². The molecule has 3 N–H and O–H groups in total. The molecule has 1 aliphatic heterocycles. The van der Waals surface area contributed by atoms with Crippen molar-refractivity contribution in [2.75, 3.05) is 23.4 Å². The first kappa shape index (κ1) is 23.8. The van der Waals surface area contributed by atoms with Gasteiger partial charge in [0.1, 0.15) is 23.3 Å². The zero-order valence-corrected chi connectivity index (χ0v) is 20.6. The molecule has 1 aromatic carbocycles. The summed E-state index contributed by atoms with van der Waals surface area (Å²) in [7, 11) is 1.73. The average Bonchev–Trinajstić information content (AvgIpc) is 3.54. The molecule has 11 heteroatoms. The van der Waals surface area contributed by atoms with Gasteiger partial charge in [0, 0.05) is 31.9 Å². The number of aryl methyl sites for hydroxylation is 2. The normalized spacial score (nSPS) is 16.2. The Labute approximate surface area is 207 Å². The molecule has 11 nitrogen and oxygen atoms in total. The monoisotopic (exact) mass is 490 g/mol. The molecule has 188 valence electrons. The van der Waals surface area contributed by atoms with Crippen molar-refractivity contribution in [1.82, 2.24) is 23.7 Å². The Morgan fingerprint density at radius 2 is 2.08 bits per heavy atom. The molecule has 0 saturated carbocycles. The highest BCUT2D eigenvalue weighted by Crippen LogP contribution is 2.30. The third kappa shape index (κ3) is 4.19. The summed E-state index contributed by atoms with van der Waals surface area (Å²) in [5, 5.41) is 37.3. The first-order chi connectivity index (χ1) is 17.2. The molecule has 1 atom stereocenters. The molecule has 1 saturated heterocycles. The molecule has 0 amide bonds. The van der Waals surface area contributed by atoms with Gasteiger partial charge in [-0.05, 0) is 51.3 Å². The molecule has 0 radical (unpaired) electrons. The van der Waals surface area contributed by atoms with E-state index in [9.17, 15) is 20.3 Å². The van der Waals surface area contributed by atoms with E-state index in [1.807, 2.05) is 24.3 Å². The fourth-order valence-corrected chi connectivity index (χ4v) is 4.83. The van der Waals surface area contributed by atoms with Gasteiger partial charge in [0.15, 0.2) is 5.65 Å². The molecule has 5 rings (SSSR count). The number of anilines is 3. The number of aliphatic hydroxyl groups is 2. The number of hydrogen-bond donors (Lipinski definition) is 3. The number of nitrogens with one attached hydrogen (secondary N) is 1. The highest BCUT2D eigenvalue weighted by Gasteiger charge is 2.26. The highest BCUT2D eigenvalue weighted by atomic mass is 16.3. The van der Waals surface area contributed by atoms with Crippen molar-refractivity contribution < 1.29 is 10.2 Å². The SMILES string of the molecule is Cn1c(=O)n(CCC(C)(C)O)c2cc(Nc3cc(N4CCC[C@H]4CO)nc4c(C#N)cnn34)ccc21. The third-order valence-corrected chi connectivity index (χ3v) is 6.83. The lowest BCUT2D eigenvalue weighted by Crippen LogP contribution is -2.33. The Morgan fingerprint density at radius 1 is 1.28 bits per heavy atom. The van der Waals surface area contributed by atoms with Gasteiger partial charge in [-0.1, -0.05) is 0 Å². The highest BCUT2D eigenvalue weighted by molar-refractivity contribution is 5.82.